The molecule has 0 spiro atoms. The molecule has 144 valence electrons. The molecule has 0 unspecified atom stereocenters. The first-order chi connectivity index (χ1) is 12.4. The van der Waals surface area contributed by atoms with Crippen LogP contribution in [0.2, 0.25) is 0 Å². The quantitative estimate of drug-likeness (QED) is 0.503. The van der Waals surface area contributed by atoms with Crippen molar-refractivity contribution in [1.82, 2.24) is 9.21 Å². The monoisotopic (exact) mass is 414 g/mol. The van der Waals surface area contributed by atoms with Crippen LogP contribution in [0.4, 0.5) is 0 Å². The van der Waals surface area contributed by atoms with E-state index in [1.54, 1.807) is 12.1 Å². The van der Waals surface area contributed by atoms with E-state index in [4.69, 9.17) is 12.2 Å². The van der Waals surface area contributed by atoms with E-state index in [2.05, 4.69) is 0 Å². The summed E-state index contributed by atoms with van der Waals surface area (Å²) >= 11 is 6.69. The van der Waals surface area contributed by atoms with Crippen LogP contribution < -0.4 is 0 Å². The van der Waals surface area contributed by atoms with Gasteiger partial charge in [0.2, 0.25) is 10.0 Å². The van der Waals surface area contributed by atoms with E-state index in [0.717, 1.165) is 32.4 Å². The lowest BCUT2D eigenvalue weighted by Gasteiger charge is -2.25. The number of carbonyl (C=O) groups is 1. The van der Waals surface area contributed by atoms with Gasteiger partial charge in [0, 0.05) is 31.7 Å². The molecule has 0 saturated carbocycles. The summed E-state index contributed by atoms with van der Waals surface area (Å²) in [6, 6.07) is 6.26. The van der Waals surface area contributed by atoms with Gasteiger partial charge < -0.3 is 4.90 Å². The average molecular weight is 415 g/mol. The summed E-state index contributed by atoms with van der Waals surface area (Å²) < 4.78 is 27.5. The topological polar surface area (TPSA) is 57.7 Å². The van der Waals surface area contributed by atoms with Crippen molar-refractivity contribution < 1.29 is 13.2 Å². The van der Waals surface area contributed by atoms with Crippen molar-refractivity contribution in [3.8, 4) is 0 Å². The number of sulfonamides is 1. The summed E-state index contributed by atoms with van der Waals surface area (Å²) in [5, 5.41) is 0. The van der Waals surface area contributed by atoms with Crippen molar-refractivity contribution in [1.29, 1.82) is 0 Å². The first kappa shape index (κ1) is 21.3. The predicted octanol–water partition coefficient (Wildman–Crippen LogP) is 3.40. The van der Waals surface area contributed by atoms with E-state index < -0.39 is 10.0 Å². The van der Waals surface area contributed by atoms with Crippen LogP contribution >= 0.6 is 24.0 Å². The summed E-state index contributed by atoms with van der Waals surface area (Å²) in [7, 11) is -3.46. The number of rotatable bonds is 7. The van der Waals surface area contributed by atoms with Crippen LogP contribution in [0.1, 0.15) is 43.5 Å². The Bertz CT molecular complexity index is 723. The molecule has 1 heterocycles. The molecule has 0 aromatic heterocycles. The Morgan fingerprint density at radius 2 is 1.69 bits per heavy atom. The minimum atomic E-state index is -3.46. The molecule has 1 aromatic carbocycles. The summed E-state index contributed by atoms with van der Waals surface area (Å²) in [6.45, 7) is 6.84. The lowest BCUT2D eigenvalue weighted by atomic mass is 10.1. The second-order valence-corrected chi connectivity index (χ2v) is 9.69. The number of Topliss-reactive ketones (excluding diaryl/α,β-unsaturated/α-hetero) is 1. The predicted molar refractivity (Wildman–Crippen MR) is 111 cm³/mol. The normalized spacial score (nSPS) is 15.6. The highest BCUT2D eigenvalue weighted by Gasteiger charge is 2.25. The van der Waals surface area contributed by atoms with Crippen LogP contribution in [0.25, 0.3) is 0 Å². The van der Waals surface area contributed by atoms with E-state index in [-0.39, 0.29) is 16.4 Å². The van der Waals surface area contributed by atoms with Gasteiger partial charge in [-0.25, -0.2) is 8.42 Å². The smallest absolute Gasteiger partial charge is 0.243 e. The number of ketones is 1. The van der Waals surface area contributed by atoms with Gasteiger partial charge >= 0.3 is 0 Å². The van der Waals surface area contributed by atoms with Gasteiger partial charge in [0.15, 0.2) is 5.78 Å². The third kappa shape index (κ3) is 5.28. The van der Waals surface area contributed by atoms with E-state index >= 15 is 0 Å². The highest BCUT2D eigenvalue weighted by molar-refractivity contribution is 8.23. The molecule has 8 heteroatoms. The van der Waals surface area contributed by atoms with Gasteiger partial charge in [0.05, 0.1) is 10.6 Å². The minimum Gasteiger partial charge on any atom is -0.358 e. The lowest BCUT2D eigenvalue weighted by molar-refractivity contribution is 0.102. The summed E-state index contributed by atoms with van der Waals surface area (Å²) in [5.41, 5.74) is 0.512. The Balaban J connectivity index is 2.00. The first-order valence-corrected chi connectivity index (χ1v) is 11.8. The lowest BCUT2D eigenvalue weighted by Crippen LogP contribution is -2.35. The molecule has 2 rings (SSSR count). The van der Waals surface area contributed by atoms with E-state index in [1.165, 1.54) is 28.2 Å². The van der Waals surface area contributed by atoms with Crippen LogP contribution in [-0.2, 0) is 10.0 Å². The molecule has 0 atom stereocenters. The fourth-order valence-corrected chi connectivity index (χ4v) is 5.66. The second-order valence-electron chi connectivity index (χ2n) is 6.14. The highest BCUT2D eigenvalue weighted by atomic mass is 32.2. The number of hydrogen-bond acceptors (Lipinski definition) is 5. The standard InChI is InChI=1S/C18H26N2O3S3/c1-3-19(4-2)18(24)25-14-17(21)15-8-10-16(11-9-15)26(22,23)20-12-6-5-7-13-20/h8-11H,3-7,12-14H2,1-2H3. The Kier molecular flexibility index (Phi) is 8.06. The van der Waals surface area contributed by atoms with Crippen LogP contribution in [-0.4, -0.2) is 59.7 Å². The van der Waals surface area contributed by atoms with Gasteiger partial charge in [-0.15, -0.1) is 0 Å². The Morgan fingerprint density at radius 3 is 2.23 bits per heavy atom. The number of carbonyl (C=O) groups excluding carboxylic acids is 1. The van der Waals surface area contributed by atoms with Crippen molar-refractivity contribution in [3.05, 3.63) is 29.8 Å². The molecular formula is C18H26N2O3S3. The molecule has 0 radical (unpaired) electrons. The van der Waals surface area contributed by atoms with E-state index in [9.17, 15) is 13.2 Å². The maximum Gasteiger partial charge on any atom is 0.243 e. The van der Waals surface area contributed by atoms with Crippen LogP contribution in [0, 0.1) is 0 Å². The van der Waals surface area contributed by atoms with Gasteiger partial charge in [-0.3, -0.25) is 4.79 Å². The van der Waals surface area contributed by atoms with Gasteiger partial charge in [-0.05, 0) is 38.8 Å². The maximum atomic E-state index is 12.6. The molecular weight excluding hydrogens is 388 g/mol. The van der Waals surface area contributed by atoms with Crippen molar-refractivity contribution in [2.75, 3.05) is 31.9 Å². The second kappa shape index (κ2) is 9.82. The molecule has 0 N–H and O–H groups in total. The number of hydrogen-bond donors (Lipinski definition) is 0. The Labute approximate surface area is 166 Å². The number of piperidine rings is 1. The Morgan fingerprint density at radius 1 is 1.12 bits per heavy atom. The van der Waals surface area contributed by atoms with Crippen molar-refractivity contribution in [2.45, 2.75) is 38.0 Å². The molecule has 1 aliphatic heterocycles. The summed E-state index contributed by atoms with van der Waals surface area (Å²) in [6.07, 6.45) is 2.88. The fourth-order valence-electron chi connectivity index (χ4n) is 2.85. The largest absolute Gasteiger partial charge is 0.358 e. The number of nitrogens with zero attached hydrogens (tertiary/aromatic N) is 2. The van der Waals surface area contributed by atoms with Crippen molar-refractivity contribution >= 4 is 44.1 Å². The SMILES string of the molecule is CCN(CC)C(=S)SCC(=O)c1ccc(S(=O)(=O)N2CCCCC2)cc1. The highest BCUT2D eigenvalue weighted by Crippen LogP contribution is 2.21. The molecule has 1 aliphatic rings. The third-order valence-corrected chi connectivity index (χ3v) is 7.91. The Hall–Kier alpha value is -0.960. The fraction of sp³-hybridized carbons (Fsp3) is 0.556. The van der Waals surface area contributed by atoms with Gasteiger partial charge in [0.25, 0.3) is 0 Å². The van der Waals surface area contributed by atoms with Gasteiger partial charge in [-0.1, -0.05) is 42.5 Å². The van der Waals surface area contributed by atoms with Crippen LogP contribution in [0.15, 0.2) is 29.2 Å². The molecule has 26 heavy (non-hydrogen) atoms. The van der Waals surface area contributed by atoms with Crippen molar-refractivity contribution in [2.24, 2.45) is 0 Å². The summed E-state index contributed by atoms with van der Waals surface area (Å²) in [4.78, 5) is 14.6. The van der Waals surface area contributed by atoms with Crippen LogP contribution in [0.3, 0.4) is 0 Å². The number of benzene rings is 1. The summed E-state index contributed by atoms with van der Waals surface area (Å²) in [5.74, 6) is 0.208. The van der Waals surface area contributed by atoms with Gasteiger partial charge in [-0.2, -0.15) is 4.31 Å². The van der Waals surface area contributed by atoms with Gasteiger partial charge in [0.1, 0.15) is 4.32 Å². The number of thiocarbonyl (C=S) groups is 1. The zero-order valence-corrected chi connectivity index (χ0v) is 17.8. The molecule has 1 saturated heterocycles. The first-order valence-electron chi connectivity index (χ1n) is 8.95. The molecule has 1 aromatic rings. The minimum absolute atomic E-state index is 0.0496. The zero-order chi connectivity index (χ0) is 19.2. The number of thioether (sulfide) groups is 1. The zero-order valence-electron chi connectivity index (χ0n) is 15.3. The molecule has 0 aliphatic carbocycles. The average Bonchev–Trinajstić information content (AvgIpc) is 2.68. The third-order valence-electron chi connectivity index (χ3n) is 4.48. The molecule has 0 amide bonds. The molecule has 1 fully saturated rings. The molecule has 5 nitrogen and oxygen atoms in total. The van der Waals surface area contributed by atoms with E-state index in [0.29, 0.717) is 23.0 Å². The van der Waals surface area contributed by atoms with E-state index in [1.807, 2.05) is 18.7 Å². The maximum absolute atomic E-state index is 12.6. The van der Waals surface area contributed by atoms with Crippen molar-refractivity contribution in [3.63, 3.8) is 0 Å². The molecule has 0 bridgehead atoms. The van der Waals surface area contributed by atoms with Crippen LogP contribution in [0.5, 0.6) is 0 Å².